The Balaban J connectivity index is 2.58. The molecule has 1 N–H and O–H groups in total. The Bertz CT molecular complexity index is 587. The van der Waals surface area contributed by atoms with E-state index in [9.17, 15) is 4.79 Å². The van der Waals surface area contributed by atoms with Gasteiger partial charge in [-0.3, -0.25) is 4.79 Å². The Labute approximate surface area is 92.6 Å². The summed E-state index contributed by atoms with van der Waals surface area (Å²) in [7, 11) is 0. The van der Waals surface area contributed by atoms with E-state index in [2.05, 4.69) is 16.5 Å². The first-order valence-corrected chi connectivity index (χ1v) is 5.03. The highest BCUT2D eigenvalue weighted by Crippen LogP contribution is 2.11. The van der Waals surface area contributed by atoms with Gasteiger partial charge >= 0.3 is 0 Å². The van der Waals surface area contributed by atoms with Gasteiger partial charge < -0.3 is 9.72 Å². The van der Waals surface area contributed by atoms with Crippen molar-refractivity contribution in [2.24, 2.45) is 0 Å². The van der Waals surface area contributed by atoms with Crippen LogP contribution in [0.3, 0.4) is 0 Å². The van der Waals surface area contributed by atoms with Crippen LogP contribution in [0.2, 0.25) is 0 Å². The maximum atomic E-state index is 11.7. The topological polar surface area (TPSA) is 55.0 Å². The highest BCUT2D eigenvalue weighted by atomic mass is 16.5. The zero-order chi connectivity index (χ0) is 11.5. The molecule has 0 aliphatic rings. The molecular formula is C12H12N2O2. The first kappa shape index (κ1) is 10.4. The largest absolute Gasteiger partial charge is 0.491 e. The van der Waals surface area contributed by atoms with Crippen LogP contribution in [-0.2, 0) is 4.74 Å². The van der Waals surface area contributed by atoms with E-state index in [-0.39, 0.29) is 5.56 Å². The number of ether oxygens (including phenoxy) is 1. The summed E-state index contributed by atoms with van der Waals surface area (Å²) in [5.74, 6) is 0.760. The van der Waals surface area contributed by atoms with Crippen molar-refractivity contribution in [2.45, 2.75) is 6.92 Å². The minimum absolute atomic E-state index is 0.179. The molecule has 0 saturated carbocycles. The molecule has 2 rings (SSSR count). The number of nitrogens with zero attached hydrogens (tertiary/aromatic N) is 1. The number of aromatic amines is 1. The first-order valence-electron chi connectivity index (χ1n) is 5.03. The molecule has 0 aliphatic heterocycles. The highest BCUT2D eigenvalue weighted by molar-refractivity contribution is 5.78. The molecule has 82 valence electrons. The van der Waals surface area contributed by atoms with Gasteiger partial charge in [0.15, 0.2) is 11.6 Å². The summed E-state index contributed by atoms with van der Waals surface area (Å²) in [6.07, 6.45) is 0. The van der Waals surface area contributed by atoms with Gasteiger partial charge in [-0.1, -0.05) is 18.7 Å². The number of rotatable bonds is 3. The number of hydrogen-bond donors (Lipinski definition) is 1. The summed E-state index contributed by atoms with van der Waals surface area (Å²) in [6.45, 7) is 6.05. The summed E-state index contributed by atoms with van der Waals surface area (Å²) >= 11 is 0. The monoisotopic (exact) mass is 216 g/mol. The molecule has 16 heavy (non-hydrogen) atoms. The Morgan fingerprint density at radius 1 is 1.50 bits per heavy atom. The molecule has 0 bridgehead atoms. The van der Waals surface area contributed by atoms with Crippen molar-refractivity contribution in [3.63, 3.8) is 0 Å². The SMILES string of the molecule is C=C(OCC)c1nc2ccccc2c(=O)[nH]1. The average molecular weight is 216 g/mol. The third kappa shape index (κ3) is 1.82. The van der Waals surface area contributed by atoms with Crippen LogP contribution in [0.15, 0.2) is 35.6 Å². The van der Waals surface area contributed by atoms with Crippen LogP contribution in [0.25, 0.3) is 16.7 Å². The van der Waals surface area contributed by atoms with Gasteiger partial charge in [0.25, 0.3) is 5.56 Å². The van der Waals surface area contributed by atoms with E-state index < -0.39 is 0 Å². The van der Waals surface area contributed by atoms with E-state index in [0.29, 0.717) is 29.1 Å². The van der Waals surface area contributed by atoms with Gasteiger partial charge in [0.1, 0.15) is 0 Å². The standard InChI is InChI=1S/C12H12N2O2/c1-3-16-8(2)11-13-10-7-5-4-6-9(10)12(15)14-11/h4-7H,2-3H2,1H3,(H,13,14,15). The van der Waals surface area contributed by atoms with Gasteiger partial charge in [-0.05, 0) is 19.1 Å². The summed E-state index contributed by atoms with van der Waals surface area (Å²) < 4.78 is 5.20. The number of para-hydroxylation sites is 1. The maximum Gasteiger partial charge on any atom is 0.259 e. The molecule has 4 nitrogen and oxygen atoms in total. The Morgan fingerprint density at radius 3 is 3.00 bits per heavy atom. The molecule has 0 saturated heterocycles. The van der Waals surface area contributed by atoms with Crippen LogP contribution in [-0.4, -0.2) is 16.6 Å². The number of hydrogen-bond acceptors (Lipinski definition) is 3. The van der Waals surface area contributed by atoms with Crippen molar-refractivity contribution < 1.29 is 4.74 Å². The van der Waals surface area contributed by atoms with Crippen LogP contribution in [0.4, 0.5) is 0 Å². The molecule has 2 aromatic rings. The normalized spacial score (nSPS) is 10.3. The number of aromatic nitrogens is 2. The van der Waals surface area contributed by atoms with Gasteiger partial charge in [-0.15, -0.1) is 0 Å². The van der Waals surface area contributed by atoms with Crippen LogP contribution in [0.1, 0.15) is 12.7 Å². The molecule has 1 aromatic carbocycles. The molecule has 0 atom stereocenters. The molecule has 0 spiro atoms. The number of nitrogens with one attached hydrogen (secondary N) is 1. The first-order chi connectivity index (χ1) is 7.72. The van der Waals surface area contributed by atoms with Gasteiger partial charge in [0, 0.05) is 0 Å². The third-order valence-electron chi connectivity index (χ3n) is 2.20. The Morgan fingerprint density at radius 2 is 2.25 bits per heavy atom. The van der Waals surface area contributed by atoms with Crippen molar-refractivity contribution in [3.8, 4) is 0 Å². The zero-order valence-corrected chi connectivity index (χ0v) is 8.99. The van der Waals surface area contributed by atoms with Crippen LogP contribution < -0.4 is 5.56 Å². The molecule has 0 amide bonds. The molecule has 0 aliphatic carbocycles. The predicted molar refractivity (Wildman–Crippen MR) is 63.0 cm³/mol. The number of benzene rings is 1. The fourth-order valence-electron chi connectivity index (χ4n) is 1.46. The second-order valence-electron chi connectivity index (χ2n) is 3.29. The van der Waals surface area contributed by atoms with Crippen molar-refractivity contribution in [1.82, 2.24) is 9.97 Å². The molecule has 0 radical (unpaired) electrons. The summed E-state index contributed by atoms with van der Waals surface area (Å²) in [4.78, 5) is 18.6. The maximum absolute atomic E-state index is 11.7. The van der Waals surface area contributed by atoms with Crippen molar-refractivity contribution in [3.05, 3.63) is 47.0 Å². The number of H-pyrrole nitrogens is 1. The molecular weight excluding hydrogens is 204 g/mol. The summed E-state index contributed by atoms with van der Waals surface area (Å²) in [6, 6.07) is 7.15. The van der Waals surface area contributed by atoms with E-state index in [4.69, 9.17) is 4.74 Å². The summed E-state index contributed by atoms with van der Waals surface area (Å²) in [5, 5.41) is 0.565. The van der Waals surface area contributed by atoms with E-state index >= 15 is 0 Å². The van der Waals surface area contributed by atoms with Gasteiger partial charge in [-0.2, -0.15) is 0 Å². The lowest BCUT2D eigenvalue weighted by molar-refractivity contribution is 0.296. The van der Waals surface area contributed by atoms with Crippen molar-refractivity contribution in [2.75, 3.05) is 6.61 Å². The van der Waals surface area contributed by atoms with Gasteiger partial charge in [0.2, 0.25) is 0 Å². The molecule has 1 aromatic heterocycles. The molecule has 0 fully saturated rings. The van der Waals surface area contributed by atoms with E-state index in [1.54, 1.807) is 18.2 Å². The second kappa shape index (κ2) is 4.18. The zero-order valence-electron chi connectivity index (χ0n) is 8.99. The van der Waals surface area contributed by atoms with Crippen LogP contribution in [0.5, 0.6) is 0 Å². The fraction of sp³-hybridized carbons (Fsp3) is 0.167. The smallest absolute Gasteiger partial charge is 0.259 e. The molecule has 0 unspecified atom stereocenters. The predicted octanol–water partition coefficient (Wildman–Crippen LogP) is 1.93. The second-order valence-corrected chi connectivity index (χ2v) is 3.29. The third-order valence-corrected chi connectivity index (χ3v) is 2.20. The fourth-order valence-corrected chi connectivity index (χ4v) is 1.46. The Hall–Kier alpha value is -2.10. The van der Waals surface area contributed by atoms with E-state index in [1.807, 2.05) is 13.0 Å². The highest BCUT2D eigenvalue weighted by Gasteiger charge is 2.06. The molecule has 1 heterocycles. The van der Waals surface area contributed by atoms with E-state index in [1.165, 1.54) is 0 Å². The van der Waals surface area contributed by atoms with Crippen molar-refractivity contribution >= 4 is 16.7 Å². The van der Waals surface area contributed by atoms with Crippen LogP contribution >= 0.6 is 0 Å². The summed E-state index contributed by atoms with van der Waals surface area (Å²) in [5.41, 5.74) is 0.462. The molecule has 4 heteroatoms. The number of fused-ring (bicyclic) bond motifs is 1. The average Bonchev–Trinajstić information content (AvgIpc) is 2.29. The van der Waals surface area contributed by atoms with Crippen LogP contribution in [0, 0.1) is 0 Å². The van der Waals surface area contributed by atoms with E-state index in [0.717, 1.165) is 0 Å². The lowest BCUT2D eigenvalue weighted by atomic mass is 10.2. The minimum Gasteiger partial charge on any atom is -0.491 e. The lowest BCUT2D eigenvalue weighted by Crippen LogP contribution is -2.11. The minimum atomic E-state index is -0.179. The van der Waals surface area contributed by atoms with Gasteiger partial charge in [-0.25, -0.2) is 4.98 Å². The lowest BCUT2D eigenvalue weighted by Gasteiger charge is -2.06. The Kier molecular flexibility index (Phi) is 2.72. The quantitative estimate of drug-likeness (QED) is 0.797. The van der Waals surface area contributed by atoms with Crippen molar-refractivity contribution in [1.29, 1.82) is 0 Å². The van der Waals surface area contributed by atoms with Gasteiger partial charge in [0.05, 0.1) is 17.5 Å².